The molecule has 28 heavy (non-hydrogen) atoms. The number of carbonyl (C=O) groups is 1. The van der Waals surface area contributed by atoms with Crippen molar-refractivity contribution >= 4 is 5.91 Å². The Morgan fingerprint density at radius 2 is 1.82 bits per heavy atom. The van der Waals surface area contributed by atoms with Crippen molar-refractivity contribution in [3.05, 3.63) is 54.1 Å². The van der Waals surface area contributed by atoms with Crippen molar-refractivity contribution in [2.45, 2.75) is 37.9 Å². The van der Waals surface area contributed by atoms with Gasteiger partial charge < -0.3 is 14.7 Å². The Morgan fingerprint density at radius 1 is 1.07 bits per heavy atom. The number of nitrogens with zero attached hydrogens (tertiary/aromatic N) is 3. The van der Waals surface area contributed by atoms with Gasteiger partial charge in [0.25, 0.3) is 0 Å². The molecule has 2 bridgehead atoms. The molecule has 1 aromatic carbocycles. The second-order valence-electron chi connectivity index (χ2n) is 8.39. The zero-order chi connectivity index (χ0) is 19.1. The molecular weight excluding hydrogens is 354 g/mol. The summed E-state index contributed by atoms with van der Waals surface area (Å²) < 4.78 is 5.73. The molecule has 3 fully saturated rings. The van der Waals surface area contributed by atoms with Gasteiger partial charge >= 0.3 is 0 Å². The minimum atomic E-state index is -0.186. The number of amides is 1. The monoisotopic (exact) mass is 379 g/mol. The molecule has 5 rings (SSSR count). The van der Waals surface area contributed by atoms with Crippen LogP contribution in [0.15, 0.2) is 42.7 Å². The molecule has 4 atom stereocenters. The van der Waals surface area contributed by atoms with E-state index >= 15 is 0 Å². The fourth-order valence-corrected chi connectivity index (χ4v) is 4.96. The summed E-state index contributed by atoms with van der Waals surface area (Å²) >= 11 is 0. The van der Waals surface area contributed by atoms with Gasteiger partial charge in [0.15, 0.2) is 5.75 Å². The highest BCUT2D eigenvalue weighted by Gasteiger charge is 2.50. The van der Waals surface area contributed by atoms with Crippen LogP contribution in [0.5, 0.6) is 5.75 Å². The van der Waals surface area contributed by atoms with Gasteiger partial charge in [-0.15, -0.1) is 0 Å². The van der Waals surface area contributed by atoms with E-state index in [-0.39, 0.29) is 23.8 Å². The Hall–Kier alpha value is -2.47. The highest BCUT2D eigenvalue weighted by atomic mass is 16.5. The number of hydrogen-bond acceptors (Lipinski definition) is 5. The van der Waals surface area contributed by atoms with E-state index in [1.807, 2.05) is 35.2 Å². The molecule has 2 aromatic rings. The summed E-state index contributed by atoms with van der Waals surface area (Å²) in [5, 5.41) is 9.89. The third-order valence-electron chi connectivity index (χ3n) is 6.59. The minimum absolute atomic E-state index is 0.115. The summed E-state index contributed by atoms with van der Waals surface area (Å²) in [5.74, 6) is 2.73. The summed E-state index contributed by atoms with van der Waals surface area (Å²) in [6.07, 6.45) is 5.92. The van der Waals surface area contributed by atoms with E-state index in [1.165, 1.54) is 0 Å². The number of aromatic nitrogens is 2. The number of ether oxygens (including phenoxy) is 1. The van der Waals surface area contributed by atoms with Crippen molar-refractivity contribution in [1.29, 1.82) is 0 Å². The van der Waals surface area contributed by atoms with Gasteiger partial charge in [0.1, 0.15) is 12.4 Å². The van der Waals surface area contributed by atoms with Crippen molar-refractivity contribution in [3.63, 3.8) is 0 Å². The zero-order valence-corrected chi connectivity index (χ0v) is 15.8. The molecule has 6 nitrogen and oxygen atoms in total. The minimum Gasteiger partial charge on any atom is -0.486 e. The van der Waals surface area contributed by atoms with Crippen molar-refractivity contribution in [2.75, 3.05) is 13.1 Å². The largest absolute Gasteiger partial charge is 0.486 e. The fraction of sp³-hybridized carbons (Fsp3) is 0.500. The lowest BCUT2D eigenvalue weighted by Crippen LogP contribution is -2.52. The molecule has 0 radical (unpaired) electrons. The number of likely N-dealkylation sites (tertiary alicyclic amines) is 1. The van der Waals surface area contributed by atoms with Crippen LogP contribution in [0, 0.1) is 17.8 Å². The van der Waals surface area contributed by atoms with E-state index in [2.05, 4.69) is 9.97 Å². The third-order valence-corrected chi connectivity index (χ3v) is 6.59. The van der Waals surface area contributed by atoms with Crippen LogP contribution in [0.1, 0.15) is 36.6 Å². The number of fused-ring (bicyclic) bond motifs is 2. The van der Waals surface area contributed by atoms with Gasteiger partial charge in [-0.1, -0.05) is 30.3 Å². The van der Waals surface area contributed by atoms with Crippen molar-refractivity contribution in [3.8, 4) is 5.75 Å². The molecule has 146 valence electrons. The molecule has 2 saturated carbocycles. The molecule has 1 saturated heterocycles. The lowest BCUT2D eigenvalue weighted by Gasteiger charge is -2.41. The van der Waals surface area contributed by atoms with Crippen LogP contribution in [0.4, 0.5) is 0 Å². The van der Waals surface area contributed by atoms with Crippen molar-refractivity contribution < 1.29 is 14.6 Å². The first kappa shape index (κ1) is 17.6. The second-order valence-corrected chi connectivity index (χ2v) is 8.39. The van der Waals surface area contributed by atoms with Crippen LogP contribution in [0.2, 0.25) is 0 Å². The van der Waals surface area contributed by atoms with E-state index in [1.54, 1.807) is 12.4 Å². The Balaban J connectivity index is 1.12. The number of hydrogen-bond donors (Lipinski definition) is 1. The SMILES string of the molecule is O=C([C@@H]1C[C@H]2C[C@@H]1C[C@H]2O)N1CC(c2ncc(OCc3ccccc3)cn2)C1. The van der Waals surface area contributed by atoms with Crippen LogP contribution < -0.4 is 4.74 Å². The van der Waals surface area contributed by atoms with E-state index in [0.29, 0.717) is 37.3 Å². The van der Waals surface area contributed by atoms with Crippen LogP contribution in [0.25, 0.3) is 0 Å². The predicted octanol–water partition coefficient (Wildman–Crippen LogP) is 2.39. The molecule has 2 heterocycles. The van der Waals surface area contributed by atoms with Crippen LogP contribution >= 0.6 is 0 Å². The first-order chi connectivity index (χ1) is 13.7. The molecule has 0 unspecified atom stereocenters. The normalized spacial score (nSPS) is 29.0. The maximum Gasteiger partial charge on any atom is 0.226 e. The summed E-state index contributed by atoms with van der Waals surface area (Å²) in [6.45, 7) is 1.88. The Labute approximate surface area is 164 Å². The Kier molecular flexibility index (Phi) is 4.51. The van der Waals surface area contributed by atoms with Crippen molar-refractivity contribution in [2.24, 2.45) is 17.8 Å². The standard InChI is InChI=1S/C22H25N3O3/c26-20-8-15-6-16(20)7-19(15)22(27)25-11-17(12-25)21-23-9-18(10-24-21)28-13-14-4-2-1-3-5-14/h1-5,9-10,15-17,19-20,26H,6-8,11-13H2/t15-,16-,19-,20-/m1/s1. The first-order valence-electron chi connectivity index (χ1n) is 10.1. The Bertz CT molecular complexity index is 834. The average molecular weight is 379 g/mol. The van der Waals surface area contributed by atoms with Gasteiger partial charge in [0.05, 0.1) is 24.4 Å². The molecule has 1 N–H and O–H groups in total. The maximum absolute atomic E-state index is 12.8. The summed E-state index contributed by atoms with van der Waals surface area (Å²) in [4.78, 5) is 23.6. The molecule has 3 aliphatic rings. The highest BCUT2D eigenvalue weighted by molar-refractivity contribution is 5.80. The maximum atomic E-state index is 12.8. The van der Waals surface area contributed by atoms with Crippen LogP contribution in [-0.2, 0) is 11.4 Å². The number of aliphatic hydroxyl groups excluding tert-OH is 1. The molecule has 1 aliphatic heterocycles. The van der Waals surface area contributed by atoms with Gasteiger partial charge in [0.2, 0.25) is 5.91 Å². The van der Waals surface area contributed by atoms with Crippen molar-refractivity contribution in [1.82, 2.24) is 14.9 Å². The summed E-state index contributed by atoms with van der Waals surface area (Å²) in [6, 6.07) is 9.99. The third kappa shape index (κ3) is 3.26. The lowest BCUT2D eigenvalue weighted by atomic mass is 9.84. The van der Waals surface area contributed by atoms with Crippen LogP contribution in [0.3, 0.4) is 0 Å². The first-order valence-corrected chi connectivity index (χ1v) is 10.1. The molecule has 0 spiro atoms. The number of rotatable bonds is 5. The van der Waals surface area contributed by atoms with Gasteiger partial charge in [-0.05, 0) is 36.7 Å². The molecule has 1 amide bonds. The zero-order valence-electron chi connectivity index (χ0n) is 15.8. The van der Waals surface area contributed by atoms with Gasteiger partial charge in [-0.25, -0.2) is 9.97 Å². The van der Waals surface area contributed by atoms with E-state index in [0.717, 1.165) is 30.7 Å². The predicted molar refractivity (Wildman–Crippen MR) is 102 cm³/mol. The number of aliphatic hydroxyl groups is 1. The number of carbonyl (C=O) groups excluding carboxylic acids is 1. The molecule has 1 aromatic heterocycles. The Morgan fingerprint density at radius 3 is 2.46 bits per heavy atom. The number of benzene rings is 1. The van der Waals surface area contributed by atoms with Gasteiger partial charge in [0, 0.05) is 19.0 Å². The van der Waals surface area contributed by atoms with Crippen LogP contribution in [-0.4, -0.2) is 45.1 Å². The average Bonchev–Trinajstić information content (AvgIpc) is 3.26. The van der Waals surface area contributed by atoms with E-state index < -0.39 is 0 Å². The highest BCUT2D eigenvalue weighted by Crippen LogP contribution is 2.49. The lowest BCUT2D eigenvalue weighted by molar-refractivity contribution is -0.142. The molecular formula is C22H25N3O3. The fourth-order valence-electron chi connectivity index (χ4n) is 4.96. The smallest absolute Gasteiger partial charge is 0.226 e. The molecule has 6 heteroatoms. The second kappa shape index (κ2) is 7.17. The summed E-state index contributed by atoms with van der Waals surface area (Å²) in [5.41, 5.74) is 1.10. The molecule has 2 aliphatic carbocycles. The van der Waals surface area contributed by atoms with Gasteiger partial charge in [-0.3, -0.25) is 4.79 Å². The van der Waals surface area contributed by atoms with Gasteiger partial charge in [-0.2, -0.15) is 0 Å². The van der Waals surface area contributed by atoms with E-state index in [4.69, 9.17) is 4.74 Å². The van der Waals surface area contributed by atoms with E-state index in [9.17, 15) is 9.90 Å². The topological polar surface area (TPSA) is 75.5 Å². The summed E-state index contributed by atoms with van der Waals surface area (Å²) in [7, 11) is 0. The quantitative estimate of drug-likeness (QED) is 0.863.